The van der Waals surface area contributed by atoms with Crippen molar-refractivity contribution in [3.63, 3.8) is 0 Å². The molecule has 1 atom stereocenters. The summed E-state index contributed by atoms with van der Waals surface area (Å²) in [5.74, 6) is 0. The zero-order valence-corrected chi connectivity index (χ0v) is 19.1. The first-order chi connectivity index (χ1) is 15.3. The minimum atomic E-state index is -0.359. The van der Waals surface area contributed by atoms with E-state index in [-0.39, 0.29) is 17.4 Å². The highest BCUT2D eigenvalue weighted by Crippen LogP contribution is 2.42. The molecule has 0 saturated carbocycles. The van der Waals surface area contributed by atoms with E-state index in [4.69, 9.17) is 4.74 Å². The Bertz CT molecular complexity index is 1470. The number of benzene rings is 2. The van der Waals surface area contributed by atoms with Gasteiger partial charge in [-0.05, 0) is 43.0 Å². The van der Waals surface area contributed by atoms with Crippen LogP contribution in [0.2, 0.25) is 0 Å². The molecule has 2 aromatic heterocycles. The first-order valence-corrected chi connectivity index (χ1v) is 10.9. The lowest BCUT2D eigenvalue weighted by Crippen LogP contribution is -2.37. The summed E-state index contributed by atoms with van der Waals surface area (Å²) in [4.78, 5) is 26.4. The molecule has 0 radical (unpaired) electrons. The lowest BCUT2D eigenvalue weighted by atomic mass is 9.93. The van der Waals surface area contributed by atoms with Gasteiger partial charge in [0.2, 0.25) is 0 Å². The normalized spacial score (nSPS) is 15.8. The minimum Gasteiger partial charge on any atom is -0.365 e. The smallest absolute Gasteiger partial charge is 0.331 e. The van der Waals surface area contributed by atoms with E-state index in [0.29, 0.717) is 24.1 Å². The largest absolute Gasteiger partial charge is 0.365 e. The van der Waals surface area contributed by atoms with Crippen molar-refractivity contribution in [3.05, 3.63) is 91.3 Å². The number of ether oxygens (including phenoxy) is 1. The van der Waals surface area contributed by atoms with Gasteiger partial charge in [0, 0.05) is 20.6 Å². The lowest BCUT2D eigenvalue weighted by molar-refractivity contribution is 0.0471. The van der Waals surface area contributed by atoms with Gasteiger partial charge in [-0.3, -0.25) is 13.9 Å². The molecular weight excluding hydrogens is 402 g/mol. The number of hydrogen-bond acceptors (Lipinski definition) is 3. The summed E-state index contributed by atoms with van der Waals surface area (Å²) in [6, 6.07) is 14.2. The third-order valence-corrected chi connectivity index (χ3v) is 6.60. The van der Waals surface area contributed by atoms with Crippen LogP contribution in [0, 0.1) is 20.8 Å². The Morgan fingerprint density at radius 3 is 2.25 bits per heavy atom. The molecule has 5 rings (SSSR count). The number of hydrogen-bond donors (Lipinski definition) is 0. The van der Waals surface area contributed by atoms with Gasteiger partial charge in [-0.2, -0.15) is 0 Å². The number of rotatable bonds is 2. The van der Waals surface area contributed by atoms with Gasteiger partial charge in [-0.25, -0.2) is 4.79 Å². The van der Waals surface area contributed by atoms with Gasteiger partial charge in [0.1, 0.15) is 6.10 Å². The lowest BCUT2D eigenvalue weighted by Gasteiger charge is -2.30. The van der Waals surface area contributed by atoms with Crippen LogP contribution in [0.25, 0.3) is 22.2 Å². The molecule has 0 spiro atoms. The highest BCUT2D eigenvalue weighted by Gasteiger charge is 2.34. The second-order valence-corrected chi connectivity index (χ2v) is 8.74. The molecule has 0 aliphatic carbocycles. The second kappa shape index (κ2) is 7.35. The molecule has 1 aliphatic heterocycles. The van der Waals surface area contributed by atoms with Crippen molar-refractivity contribution in [2.24, 2.45) is 14.1 Å². The summed E-state index contributed by atoms with van der Waals surface area (Å²) in [7, 11) is 3.28. The molecule has 0 N–H and O–H groups in total. The molecule has 3 heterocycles. The first kappa shape index (κ1) is 20.5. The van der Waals surface area contributed by atoms with E-state index in [1.807, 2.05) is 30.3 Å². The number of aryl methyl sites for hydroxylation is 4. The summed E-state index contributed by atoms with van der Waals surface area (Å²) in [6.45, 7) is 7.42. The van der Waals surface area contributed by atoms with Crippen LogP contribution in [0.3, 0.4) is 0 Å². The van der Waals surface area contributed by atoms with Crippen LogP contribution in [0.1, 0.15) is 34.1 Å². The van der Waals surface area contributed by atoms with Gasteiger partial charge in [-0.1, -0.05) is 48.0 Å². The van der Waals surface area contributed by atoms with E-state index in [0.717, 1.165) is 33.6 Å². The zero-order chi connectivity index (χ0) is 22.7. The fourth-order valence-corrected chi connectivity index (χ4v) is 5.30. The Morgan fingerprint density at radius 2 is 1.59 bits per heavy atom. The van der Waals surface area contributed by atoms with E-state index < -0.39 is 0 Å². The summed E-state index contributed by atoms with van der Waals surface area (Å²) in [5.41, 5.74) is 7.31. The zero-order valence-electron chi connectivity index (χ0n) is 19.1. The fraction of sp³-hybridized carbons (Fsp3) is 0.308. The van der Waals surface area contributed by atoms with Gasteiger partial charge in [0.25, 0.3) is 5.56 Å². The highest BCUT2D eigenvalue weighted by molar-refractivity contribution is 5.96. The van der Waals surface area contributed by atoms with Crippen molar-refractivity contribution >= 4 is 10.9 Å². The van der Waals surface area contributed by atoms with Crippen molar-refractivity contribution in [1.82, 2.24) is 13.7 Å². The van der Waals surface area contributed by atoms with Gasteiger partial charge >= 0.3 is 5.69 Å². The quantitative estimate of drug-likeness (QED) is 0.488. The van der Waals surface area contributed by atoms with Gasteiger partial charge in [0.15, 0.2) is 0 Å². The van der Waals surface area contributed by atoms with Crippen molar-refractivity contribution in [3.8, 4) is 11.3 Å². The maximum Gasteiger partial charge on any atom is 0.331 e. The molecule has 6 nitrogen and oxygen atoms in total. The van der Waals surface area contributed by atoms with E-state index in [1.54, 1.807) is 11.6 Å². The minimum absolute atomic E-state index is 0.278. The summed E-state index contributed by atoms with van der Waals surface area (Å²) in [5, 5.41) is 0.564. The van der Waals surface area contributed by atoms with Crippen molar-refractivity contribution in [1.29, 1.82) is 0 Å². The maximum absolute atomic E-state index is 13.4. The van der Waals surface area contributed by atoms with E-state index >= 15 is 0 Å². The number of fused-ring (bicyclic) bond motifs is 3. The average molecular weight is 430 g/mol. The molecule has 1 aliphatic rings. The molecular formula is C26H27N3O3. The fourth-order valence-electron chi connectivity index (χ4n) is 5.30. The van der Waals surface area contributed by atoms with Crippen LogP contribution in [0.15, 0.2) is 52.1 Å². The third kappa shape index (κ3) is 2.83. The SMILES string of the molecule is Cc1cc(C)c([C@@H]2OCCn3c(-c4ccccc4)c4c(=O)n(C)c(=O)n(C)c4c32)c(C)c1. The number of aromatic nitrogens is 3. The molecule has 164 valence electrons. The van der Waals surface area contributed by atoms with Crippen molar-refractivity contribution in [2.75, 3.05) is 6.61 Å². The highest BCUT2D eigenvalue weighted by atomic mass is 16.5. The number of nitrogens with zero attached hydrogens (tertiary/aromatic N) is 3. The Balaban J connectivity index is 1.97. The average Bonchev–Trinajstić information content (AvgIpc) is 3.12. The van der Waals surface area contributed by atoms with Crippen molar-refractivity contribution in [2.45, 2.75) is 33.4 Å². The third-order valence-electron chi connectivity index (χ3n) is 6.60. The molecule has 0 saturated heterocycles. The van der Waals surface area contributed by atoms with Crippen LogP contribution in [-0.4, -0.2) is 20.3 Å². The molecule has 0 bridgehead atoms. The summed E-state index contributed by atoms with van der Waals surface area (Å²) in [6.07, 6.45) is -0.359. The van der Waals surface area contributed by atoms with Gasteiger partial charge in [0.05, 0.1) is 28.9 Å². The van der Waals surface area contributed by atoms with Gasteiger partial charge < -0.3 is 9.30 Å². The van der Waals surface area contributed by atoms with E-state index in [2.05, 4.69) is 37.5 Å². The maximum atomic E-state index is 13.4. The van der Waals surface area contributed by atoms with Crippen LogP contribution < -0.4 is 11.2 Å². The van der Waals surface area contributed by atoms with E-state index in [9.17, 15) is 9.59 Å². The summed E-state index contributed by atoms with van der Waals surface area (Å²) < 4.78 is 11.3. The standard InChI is InChI=1S/C26H27N3O3/c1-15-13-16(2)19(17(3)14-15)24-23-22-20(25(30)28(5)26(31)27(22)4)21(29(23)11-12-32-24)18-9-7-6-8-10-18/h6-10,13-14,24H,11-12H2,1-5H3/t24-/m0/s1. The van der Waals surface area contributed by atoms with Crippen LogP contribution in [0.5, 0.6) is 0 Å². The Hall–Kier alpha value is -3.38. The van der Waals surface area contributed by atoms with Crippen LogP contribution in [-0.2, 0) is 25.4 Å². The topological polar surface area (TPSA) is 58.2 Å². The molecule has 0 unspecified atom stereocenters. The predicted octanol–water partition coefficient (Wildman–Crippen LogP) is 3.75. The van der Waals surface area contributed by atoms with Crippen LogP contribution in [0.4, 0.5) is 0 Å². The Morgan fingerprint density at radius 1 is 0.938 bits per heavy atom. The molecule has 4 aromatic rings. The summed E-state index contributed by atoms with van der Waals surface area (Å²) >= 11 is 0. The van der Waals surface area contributed by atoms with Gasteiger partial charge in [-0.15, -0.1) is 0 Å². The molecule has 0 fully saturated rings. The predicted molar refractivity (Wildman–Crippen MR) is 126 cm³/mol. The van der Waals surface area contributed by atoms with E-state index in [1.165, 1.54) is 17.2 Å². The van der Waals surface area contributed by atoms with Crippen LogP contribution >= 0.6 is 0 Å². The Labute approximate surface area is 186 Å². The second-order valence-electron chi connectivity index (χ2n) is 8.74. The Kier molecular flexibility index (Phi) is 4.71. The van der Waals surface area contributed by atoms with Crippen molar-refractivity contribution < 1.29 is 4.74 Å². The molecule has 6 heteroatoms. The monoisotopic (exact) mass is 429 g/mol. The first-order valence-electron chi connectivity index (χ1n) is 10.9. The molecule has 32 heavy (non-hydrogen) atoms. The molecule has 0 amide bonds. The molecule has 2 aromatic carbocycles.